The Labute approximate surface area is 178 Å². The largest absolute Gasteiger partial charge is 0.497 e. The Kier molecular flexibility index (Phi) is 5.06. The van der Waals surface area contributed by atoms with E-state index in [1.807, 2.05) is 24.5 Å². The number of aliphatic hydroxyl groups excluding tert-OH is 2. The number of rotatable bonds is 5. The lowest BCUT2D eigenvalue weighted by Gasteiger charge is -2.32. The molecule has 1 aliphatic carbocycles. The van der Waals surface area contributed by atoms with Gasteiger partial charge in [0, 0.05) is 6.07 Å². The fraction of sp³-hybridized carbons (Fsp3) is 0.364. The average molecular weight is 426 g/mol. The van der Waals surface area contributed by atoms with Crippen LogP contribution in [0.3, 0.4) is 0 Å². The number of hydrogen-bond acceptors (Lipinski definition) is 6. The number of nitrogens with zero attached hydrogens (tertiary/aromatic N) is 2. The van der Waals surface area contributed by atoms with Crippen LogP contribution in [0.5, 0.6) is 5.75 Å². The third kappa shape index (κ3) is 3.62. The molecule has 2 heterocycles. The second-order valence-electron chi connectivity index (χ2n) is 7.85. The summed E-state index contributed by atoms with van der Waals surface area (Å²) in [6.07, 6.45) is 2.95. The van der Waals surface area contributed by atoms with Crippen LogP contribution in [0.2, 0.25) is 0 Å². The highest BCUT2D eigenvalue weighted by Crippen LogP contribution is 2.30. The fourth-order valence-corrected chi connectivity index (χ4v) is 5.15. The molecule has 8 heteroatoms. The van der Waals surface area contributed by atoms with Crippen molar-refractivity contribution in [1.29, 1.82) is 0 Å². The van der Waals surface area contributed by atoms with Crippen LogP contribution >= 0.6 is 11.3 Å². The maximum Gasteiger partial charge on any atom is 0.242 e. The second kappa shape index (κ2) is 7.86. The first-order chi connectivity index (χ1) is 14.6. The molecular weight excluding hydrogens is 400 g/mol. The predicted octanol–water partition coefficient (Wildman–Crippen LogP) is 2.81. The number of hydrogen-bond donors (Lipinski definition) is 4. The lowest BCUT2D eigenvalue weighted by Crippen LogP contribution is -2.45. The number of aromatic nitrogens is 3. The number of aromatic amines is 1. The number of anilines is 1. The van der Waals surface area contributed by atoms with E-state index in [0.29, 0.717) is 6.42 Å². The number of nitrogens with one attached hydrogen (secondary N) is 2. The molecule has 2 aromatic carbocycles. The fourth-order valence-electron chi connectivity index (χ4n) is 4.15. The molecule has 1 fully saturated rings. The molecule has 0 amide bonds. The van der Waals surface area contributed by atoms with Crippen molar-refractivity contribution in [3.63, 3.8) is 0 Å². The summed E-state index contributed by atoms with van der Waals surface area (Å²) >= 11 is 1.58. The minimum atomic E-state index is -0.752. The van der Waals surface area contributed by atoms with Crippen LogP contribution in [0.15, 0.2) is 42.7 Å². The van der Waals surface area contributed by atoms with Gasteiger partial charge in [0.15, 0.2) is 16.2 Å². The quantitative estimate of drug-likeness (QED) is 0.369. The van der Waals surface area contributed by atoms with Gasteiger partial charge in [-0.25, -0.2) is 14.5 Å². The van der Waals surface area contributed by atoms with Crippen molar-refractivity contribution in [3.8, 4) is 5.75 Å². The Morgan fingerprint density at radius 3 is 3.00 bits per heavy atom. The van der Waals surface area contributed by atoms with Crippen LogP contribution in [-0.2, 0) is 6.54 Å². The van der Waals surface area contributed by atoms with E-state index in [9.17, 15) is 10.2 Å². The summed E-state index contributed by atoms with van der Waals surface area (Å²) in [5, 5.41) is 24.3. The number of benzene rings is 2. The van der Waals surface area contributed by atoms with Crippen LogP contribution in [0.25, 0.3) is 21.3 Å². The minimum Gasteiger partial charge on any atom is -0.497 e. The minimum absolute atomic E-state index is 0.160. The number of ether oxygens (including phenoxy) is 1. The van der Waals surface area contributed by atoms with Crippen molar-refractivity contribution in [2.75, 3.05) is 12.4 Å². The molecule has 4 N–H and O–H groups in total. The van der Waals surface area contributed by atoms with Gasteiger partial charge in [-0.05, 0) is 49.1 Å². The zero-order valence-corrected chi connectivity index (χ0v) is 17.5. The first-order valence-electron chi connectivity index (χ1n) is 10.2. The molecule has 0 unspecified atom stereocenters. The molecule has 0 bridgehead atoms. The van der Waals surface area contributed by atoms with E-state index < -0.39 is 12.2 Å². The Balaban J connectivity index is 1.36. The zero-order chi connectivity index (χ0) is 20.7. The first kappa shape index (κ1) is 19.3. The molecule has 7 nitrogen and oxygen atoms in total. The summed E-state index contributed by atoms with van der Waals surface area (Å²) in [4.78, 5) is 7.96. The Hall–Kier alpha value is -2.68. The number of imidazole rings is 1. The summed E-state index contributed by atoms with van der Waals surface area (Å²) in [7, 11) is 1.67. The molecule has 0 spiro atoms. The van der Waals surface area contributed by atoms with Crippen molar-refractivity contribution < 1.29 is 19.5 Å². The number of thiazole rings is 1. The van der Waals surface area contributed by atoms with Crippen LogP contribution in [0.1, 0.15) is 24.8 Å². The summed E-state index contributed by atoms with van der Waals surface area (Å²) in [5.74, 6) is 0.832. The number of H-pyrrole nitrogens is 1. The van der Waals surface area contributed by atoms with Crippen molar-refractivity contribution in [3.05, 3.63) is 48.3 Å². The van der Waals surface area contributed by atoms with Gasteiger partial charge in [-0.15, -0.1) is 0 Å². The monoisotopic (exact) mass is 425 g/mol. The van der Waals surface area contributed by atoms with Crippen molar-refractivity contribution in [2.45, 2.75) is 44.1 Å². The second-order valence-corrected chi connectivity index (χ2v) is 8.88. The average Bonchev–Trinajstić information content (AvgIpc) is 3.34. The van der Waals surface area contributed by atoms with E-state index in [0.717, 1.165) is 51.5 Å². The maximum atomic E-state index is 10.2. The van der Waals surface area contributed by atoms with Gasteiger partial charge in [0.2, 0.25) is 6.33 Å². The van der Waals surface area contributed by atoms with Crippen LogP contribution in [0.4, 0.5) is 5.13 Å². The van der Waals surface area contributed by atoms with E-state index >= 15 is 0 Å². The van der Waals surface area contributed by atoms with E-state index in [4.69, 9.17) is 4.74 Å². The zero-order valence-electron chi connectivity index (χ0n) is 16.7. The van der Waals surface area contributed by atoms with Gasteiger partial charge in [0.05, 0.1) is 35.6 Å². The van der Waals surface area contributed by atoms with Crippen molar-refractivity contribution in [2.24, 2.45) is 0 Å². The van der Waals surface area contributed by atoms with Gasteiger partial charge >= 0.3 is 0 Å². The van der Waals surface area contributed by atoms with Gasteiger partial charge in [-0.3, -0.25) is 0 Å². The highest BCUT2D eigenvalue weighted by molar-refractivity contribution is 7.22. The third-order valence-electron chi connectivity index (χ3n) is 5.83. The van der Waals surface area contributed by atoms with Gasteiger partial charge < -0.3 is 20.3 Å². The van der Waals surface area contributed by atoms with Crippen LogP contribution < -0.4 is 14.6 Å². The lowest BCUT2D eigenvalue weighted by atomic mass is 9.90. The van der Waals surface area contributed by atoms with Crippen LogP contribution in [-0.4, -0.2) is 45.5 Å². The highest BCUT2D eigenvalue weighted by Gasteiger charge is 2.30. The van der Waals surface area contributed by atoms with E-state index in [1.54, 1.807) is 18.4 Å². The van der Waals surface area contributed by atoms with E-state index in [1.165, 1.54) is 5.56 Å². The van der Waals surface area contributed by atoms with Crippen molar-refractivity contribution in [1.82, 2.24) is 9.97 Å². The summed E-state index contributed by atoms with van der Waals surface area (Å²) in [6, 6.07) is 12.2. The molecule has 156 valence electrons. The summed E-state index contributed by atoms with van der Waals surface area (Å²) in [6.45, 7) is 0.746. The molecule has 0 saturated heterocycles. The van der Waals surface area contributed by atoms with Gasteiger partial charge in [-0.2, -0.15) is 0 Å². The molecule has 1 aliphatic rings. The molecule has 5 rings (SSSR count). The predicted molar refractivity (Wildman–Crippen MR) is 117 cm³/mol. The van der Waals surface area contributed by atoms with Gasteiger partial charge in [-0.1, -0.05) is 17.4 Å². The smallest absolute Gasteiger partial charge is 0.242 e. The molecule has 30 heavy (non-hydrogen) atoms. The highest BCUT2D eigenvalue weighted by atomic mass is 32.1. The van der Waals surface area contributed by atoms with E-state index in [-0.39, 0.29) is 6.04 Å². The molecule has 0 radical (unpaired) electrons. The number of aliphatic hydroxyl groups is 2. The molecule has 2 aromatic heterocycles. The third-order valence-corrected chi connectivity index (χ3v) is 6.77. The maximum absolute atomic E-state index is 10.2. The Morgan fingerprint density at radius 1 is 1.23 bits per heavy atom. The molecule has 4 aromatic rings. The SMILES string of the molecule is COc1ccc2c(c1)[nH]c[n+]2Cc1ccc2nc(N[C@@H]3CCC[C@@H](O)[C@H]3O)sc2c1. The molecule has 0 aliphatic heterocycles. The summed E-state index contributed by atoms with van der Waals surface area (Å²) in [5.41, 5.74) is 4.28. The Morgan fingerprint density at radius 2 is 2.13 bits per heavy atom. The standard InChI is InChI=1S/C22H24N4O3S/c1-29-14-6-8-18-17(10-14)23-12-26(18)11-13-5-7-15-20(9-13)30-22(24-15)25-16-3-2-4-19(27)21(16)28/h5-10,12,16,19,21,27-28H,2-4,11H2,1H3,(H,24,25)/p+1/t16-,19-,21+/m1/s1. The Bertz CT molecular complexity index is 1190. The normalized spacial score (nSPS) is 21.9. The molecule has 1 saturated carbocycles. The van der Waals surface area contributed by atoms with Crippen LogP contribution in [0, 0.1) is 0 Å². The topological polar surface area (TPSA) is 94.3 Å². The molecular formula is C22H25N4O3S+. The summed E-state index contributed by atoms with van der Waals surface area (Å²) < 4.78 is 8.57. The lowest BCUT2D eigenvalue weighted by molar-refractivity contribution is -0.662. The van der Waals surface area contributed by atoms with Crippen molar-refractivity contribution >= 4 is 37.7 Å². The number of fused-ring (bicyclic) bond motifs is 2. The van der Waals surface area contributed by atoms with Gasteiger partial charge in [0.1, 0.15) is 12.3 Å². The molecule has 3 atom stereocenters. The first-order valence-corrected chi connectivity index (χ1v) is 11.0. The number of methoxy groups -OCH3 is 1. The van der Waals surface area contributed by atoms with Gasteiger partial charge in [0.25, 0.3) is 0 Å². The van der Waals surface area contributed by atoms with E-state index in [2.05, 4.69) is 38.1 Å².